The molecule has 0 heterocycles. The Balaban J connectivity index is 2.93. The lowest BCUT2D eigenvalue weighted by molar-refractivity contribution is -0.144. The van der Waals surface area contributed by atoms with Gasteiger partial charge in [-0.15, -0.1) is 0 Å². The van der Waals surface area contributed by atoms with E-state index >= 15 is 0 Å². The van der Waals surface area contributed by atoms with E-state index in [0.717, 1.165) is 4.90 Å². The molecule has 0 saturated heterocycles. The molecule has 0 bridgehead atoms. The Morgan fingerprint density at radius 1 is 1.47 bits per heavy atom. The minimum atomic E-state index is -1.16. The maximum atomic E-state index is 13.4. The highest BCUT2D eigenvalue weighted by Crippen LogP contribution is 2.20. The predicted molar refractivity (Wildman–Crippen MR) is 60.1 cm³/mol. The van der Waals surface area contributed by atoms with Crippen molar-refractivity contribution in [2.75, 3.05) is 6.54 Å². The van der Waals surface area contributed by atoms with Crippen LogP contribution in [0.2, 0.25) is 5.02 Å². The highest BCUT2D eigenvalue weighted by Gasteiger charge is 2.17. The van der Waals surface area contributed by atoms with Gasteiger partial charge in [-0.25, -0.2) is 4.39 Å². The molecule has 0 aliphatic rings. The first kappa shape index (κ1) is 13.4. The van der Waals surface area contributed by atoms with Crippen LogP contribution in [0.4, 0.5) is 4.39 Å². The molecule has 0 aliphatic carbocycles. The average Bonchev–Trinajstić information content (AvgIpc) is 2.21. The topological polar surface area (TPSA) is 57.6 Å². The molecule has 0 aliphatic heterocycles. The van der Waals surface area contributed by atoms with Crippen LogP contribution < -0.4 is 0 Å². The molecule has 0 aromatic heterocycles. The van der Waals surface area contributed by atoms with Crippen LogP contribution in [0.1, 0.15) is 12.5 Å². The lowest BCUT2D eigenvalue weighted by Gasteiger charge is -2.19. The molecule has 0 atom stereocenters. The zero-order chi connectivity index (χ0) is 13.0. The van der Waals surface area contributed by atoms with Crippen molar-refractivity contribution in [1.82, 2.24) is 4.90 Å². The number of hydrogen-bond donors (Lipinski definition) is 1. The Morgan fingerprint density at radius 3 is 2.59 bits per heavy atom. The number of amides is 1. The lowest BCUT2D eigenvalue weighted by atomic mass is 10.2. The van der Waals surface area contributed by atoms with E-state index in [9.17, 15) is 14.0 Å². The second-order valence-electron chi connectivity index (χ2n) is 3.47. The summed E-state index contributed by atoms with van der Waals surface area (Å²) in [6.07, 6.45) is 0. The second kappa shape index (κ2) is 5.63. The molecular weight excluding hydrogens is 249 g/mol. The van der Waals surface area contributed by atoms with Gasteiger partial charge in [-0.2, -0.15) is 0 Å². The predicted octanol–water partition coefficient (Wildman–Crippen LogP) is 1.91. The van der Waals surface area contributed by atoms with Gasteiger partial charge in [-0.05, 0) is 12.1 Å². The van der Waals surface area contributed by atoms with E-state index < -0.39 is 24.2 Å². The number of carbonyl (C=O) groups excluding carboxylic acids is 1. The van der Waals surface area contributed by atoms with Gasteiger partial charge < -0.3 is 10.0 Å². The van der Waals surface area contributed by atoms with Crippen molar-refractivity contribution in [2.45, 2.75) is 13.5 Å². The number of halogens is 2. The van der Waals surface area contributed by atoms with Crippen molar-refractivity contribution in [3.05, 3.63) is 34.6 Å². The molecule has 0 radical (unpaired) electrons. The zero-order valence-corrected chi connectivity index (χ0v) is 9.87. The molecule has 0 spiro atoms. The maximum absolute atomic E-state index is 13.4. The molecule has 0 saturated carbocycles. The Bertz CT molecular complexity index is 430. The molecule has 4 nitrogen and oxygen atoms in total. The van der Waals surface area contributed by atoms with Gasteiger partial charge in [-0.3, -0.25) is 9.59 Å². The molecular formula is C11H11ClFNO3. The van der Waals surface area contributed by atoms with Crippen LogP contribution in [0.5, 0.6) is 0 Å². The minimum absolute atomic E-state index is 0.116. The lowest BCUT2D eigenvalue weighted by Crippen LogP contribution is -2.33. The molecule has 1 aromatic carbocycles. The van der Waals surface area contributed by atoms with Gasteiger partial charge in [0.05, 0.1) is 6.54 Å². The Kier molecular flexibility index (Phi) is 4.45. The molecule has 92 valence electrons. The summed E-state index contributed by atoms with van der Waals surface area (Å²) in [5, 5.41) is 8.80. The highest BCUT2D eigenvalue weighted by atomic mass is 35.5. The van der Waals surface area contributed by atoms with Crippen LogP contribution >= 0.6 is 11.6 Å². The number of rotatable bonds is 4. The molecule has 17 heavy (non-hydrogen) atoms. The number of carbonyl (C=O) groups is 2. The molecule has 0 fully saturated rings. The maximum Gasteiger partial charge on any atom is 0.323 e. The fraction of sp³-hybridized carbons (Fsp3) is 0.273. The van der Waals surface area contributed by atoms with Gasteiger partial charge in [0.1, 0.15) is 12.4 Å². The first-order valence-electron chi connectivity index (χ1n) is 4.82. The summed E-state index contributed by atoms with van der Waals surface area (Å²) >= 11 is 5.79. The summed E-state index contributed by atoms with van der Waals surface area (Å²) in [4.78, 5) is 22.8. The van der Waals surface area contributed by atoms with Crippen LogP contribution in [-0.2, 0) is 16.1 Å². The van der Waals surface area contributed by atoms with E-state index in [1.54, 1.807) is 0 Å². The first-order valence-corrected chi connectivity index (χ1v) is 5.19. The van der Waals surface area contributed by atoms with E-state index in [0.29, 0.717) is 0 Å². The van der Waals surface area contributed by atoms with Gasteiger partial charge in [-0.1, -0.05) is 17.7 Å². The molecule has 1 rings (SSSR count). The normalized spacial score (nSPS) is 10.1. The number of benzene rings is 1. The summed E-state index contributed by atoms with van der Waals surface area (Å²) in [6, 6.07) is 4.13. The Morgan fingerprint density at radius 2 is 2.12 bits per heavy atom. The van der Waals surface area contributed by atoms with E-state index in [1.807, 2.05) is 0 Å². The Labute approximate surface area is 103 Å². The van der Waals surface area contributed by atoms with E-state index in [4.69, 9.17) is 16.7 Å². The van der Waals surface area contributed by atoms with E-state index in [-0.39, 0.29) is 17.1 Å². The SMILES string of the molecule is CC(=O)N(CC(=O)O)Cc1c(F)cccc1Cl. The molecule has 1 amide bonds. The minimum Gasteiger partial charge on any atom is -0.480 e. The fourth-order valence-corrected chi connectivity index (χ4v) is 1.54. The molecule has 1 aromatic rings. The van der Waals surface area contributed by atoms with Gasteiger partial charge >= 0.3 is 5.97 Å². The van der Waals surface area contributed by atoms with Crippen LogP contribution in [-0.4, -0.2) is 28.4 Å². The van der Waals surface area contributed by atoms with Gasteiger partial charge in [0.2, 0.25) is 5.91 Å². The van der Waals surface area contributed by atoms with Crippen LogP contribution in [0.25, 0.3) is 0 Å². The molecule has 0 unspecified atom stereocenters. The van der Waals surface area contributed by atoms with Crippen molar-refractivity contribution in [2.24, 2.45) is 0 Å². The first-order chi connectivity index (χ1) is 7.91. The second-order valence-corrected chi connectivity index (χ2v) is 3.88. The third kappa shape index (κ3) is 3.71. The fourth-order valence-electron chi connectivity index (χ4n) is 1.32. The van der Waals surface area contributed by atoms with Crippen molar-refractivity contribution in [3.63, 3.8) is 0 Å². The summed E-state index contributed by atoms with van der Waals surface area (Å²) < 4.78 is 13.4. The van der Waals surface area contributed by atoms with E-state index in [2.05, 4.69) is 0 Å². The van der Waals surface area contributed by atoms with Gasteiger partial charge in [0.25, 0.3) is 0 Å². The van der Waals surface area contributed by atoms with Crippen molar-refractivity contribution >= 4 is 23.5 Å². The van der Waals surface area contributed by atoms with Gasteiger partial charge in [0, 0.05) is 17.5 Å². The van der Waals surface area contributed by atoms with E-state index in [1.165, 1.54) is 25.1 Å². The monoisotopic (exact) mass is 259 g/mol. The highest BCUT2D eigenvalue weighted by molar-refractivity contribution is 6.31. The quantitative estimate of drug-likeness (QED) is 0.899. The summed E-state index contributed by atoms with van der Waals surface area (Å²) in [7, 11) is 0. The van der Waals surface area contributed by atoms with Crippen LogP contribution in [0.15, 0.2) is 18.2 Å². The van der Waals surface area contributed by atoms with Crippen LogP contribution in [0.3, 0.4) is 0 Å². The third-order valence-electron chi connectivity index (χ3n) is 2.18. The van der Waals surface area contributed by atoms with Crippen LogP contribution in [0, 0.1) is 5.82 Å². The van der Waals surface area contributed by atoms with Gasteiger partial charge in [0.15, 0.2) is 0 Å². The summed E-state index contributed by atoms with van der Waals surface area (Å²) in [5.41, 5.74) is 0.116. The van der Waals surface area contributed by atoms with Crippen molar-refractivity contribution in [1.29, 1.82) is 0 Å². The average molecular weight is 260 g/mol. The summed E-state index contributed by atoms with van der Waals surface area (Å²) in [6.45, 7) is 0.574. The number of carboxylic acid groups (broad SMARTS) is 1. The van der Waals surface area contributed by atoms with Crippen molar-refractivity contribution in [3.8, 4) is 0 Å². The number of hydrogen-bond acceptors (Lipinski definition) is 2. The number of carboxylic acids is 1. The van der Waals surface area contributed by atoms with Crippen molar-refractivity contribution < 1.29 is 19.1 Å². The third-order valence-corrected chi connectivity index (χ3v) is 2.54. The largest absolute Gasteiger partial charge is 0.480 e. The standard InChI is InChI=1S/C11H11ClFNO3/c1-7(15)14(6-11(16)17)5-8-9(12)3-2-4-10(8)13/h2-4H,5-6H2,1H3,(H,16,17). The Hall–Kier alpha value is -1.62. The molecule has 1 N–H and O–H groups in total. The summed E-state index contributed by atoms with van der Waals surface area (Å²) in [5.74, 6) is -2.17. The smallest absolute Gasteiger partial charge is 0.323 e. The number of nitrogens with zero attached hydrogens (tertiary/aromatic N) is 1. The number of aliphatic carboxylic acids is 1. The zero-order valence-electron chi connectivity index (χ0n) is 9.11. The molecule has 6 heteroatoms.